The molecular weight excluding hydrogens is 340 g/mol. The molecule has 1 spiro atoms. The van der Waals surface area contributed by atoms with E-state index in [2.05, 4.69) is 40.4 Å². The van der Waals surface area contributed by atoms with Crippen molar-refractivity contribution in [3.8, 4) is 17.1 Å². The van der Waals surface area contributed by atoms with Crippen molar-refractivity contribution < 1.29 is 9.57 Å². The number of rotatable bonds is 2. The molecule has 0 N–H and O–H groups in total. The molecule has 0 saturated carbocycles. The second-order valence-corrected chi connectivity index (χ2v) is 7.23. The van der Waals surface area contributed by atoms with Crippen molar-refractivity contribution in [1.29, 1.82) is 0 Å². The number of fused-ring (bicyclic) bond motifs is 2. The first kappa shape index (κ1) is 16.1. The molecule has 2 aliphatic rings. The van der Waals surface area contributed by atoms with Gasteiger partial charge in [0.2, 0.25) is 5.90 Å². The molecule has 0 bridgehead atoms. The summed E-state index contributed by atoms with van der Waals surface area (Å²) in [6.45, 7) is 2.12. The first-order valence-corrected chi connectivity index (χ1v) is 9.10. The fourth-order valence-corrected chi connectivity index (χ4v) is 3.98. The summed E-state index contributed by atoms with van der Waals surface area (Å²) in [7, 11) is 1.90. The number of hydrogen-bond acceptors (Lipinski definition) is 5. The highest BCUT2D eigenvalue weighted by molar-refractivity contribution is 5.81. The molecule has 1 atom stereocenters. The average Bonchev–Trinajstić information content (AvgIpc) is 3.36. The van der Waals surface area contributed by atoms with Crippen LogP contribution in [-0.4, -0.2) is 20.7 Å². The van der Waals surface area contributed by atoms with Crippen LogP contribution in [0, 0.1) is 6.92 Å². The maximum atomic E-state index is 5.94. The highest BCUT2D eigenvalue weighted by atomic mass is 16.7. The predicted molar refractivity (Wildman–Crippen MR) is 101 cm³/mol. The summed E-state index contributed by atoms with van der Waals surface area (Å²) < 4.78 is 7.74. The topological polar surface area (TPSA) is 61.5 Å². The summed E-state index contributed by atoms with van der Waals surface area (Å²) in [4.78, 5) is 10.4. The molecule has 3 aromatic rings. The van der Waals surface area contributed by atoms with Crippen LogP contribution in [0.3, 0.4) is 0 Å². The van der Waals surface area contributed by atoms with Gasteiger partial charge in [0.05, 0.1) is 24.0 Å². The quantitative estimate of drug-likeness (QED) is 0.698. The largest absolute Gasteiger partial charge is 0.438 e. The molecule has 0 unspecified atom stereocenters. The van der Waals surface area contributed by atoms with Crippen LogP contribution in [0.25, 0.3) is 11.4 Å². The smallest absolute Gasteiger partial charge is 0.235 e. The molecule has 1 aliphatic carbocycles. The van der Waals surface area contributed by atoms with E-state index in [0.29, 0.717) is 18.1 Å². The Kier molecular flexibility index (Phi) is 3.53. The number of hydrogen-bond donors (Lipinski definition) is 0. The minimum absolute atomic E-state index is 0.375. The van der Waals surface area contributed by atoms with Crippen LogP contribution in [0.1, 0.15) is 29.5 Å². The van der Waals surface area contributed by atoms with E-state index in [-0.39, 0.29) is 5.60 Å². The minimum atomic E-state index is -0.375. The van der Waals surface area contributed by atoms with Gasteiger partial charge >= 0.3 is 0 Å². The number of pyridine rings is 1. The summed E-state index contributed by atoms with van der Waals surface area (Å²) in [5.74, 6) is 1.25. The van der Waals surface area contributed by atoms with Gasteiger partial charge in [-0.25, -0.2) is 0 Å². The average molecular weight is 360 g/mol. The van der Waals surface area contributed by atoms with E-state index in [1.807, 2.05) is 25.2 Å². The maximum absolute atomic E-state index is 5.94. The molecule has 3 heterocycles. The Hall–Kier alpha value is -3.15. The van der Waals surface area contributed by atoms with Gasteiger partial charge in [0.25, 0.3) is 0 Å². The van der Waals surface area contributed by atoms with E-state index in [9.17, 15) is 0 Å². The number of benzene rings is 1. The lowest BCUT2D eigenvalue weighted by molar-refractivity contribution is -0.0215. The fraction of sp³-hybridized carbons (Fsp3) is 0.286. The Balaban J connectivity index is 1.32. The molecular formula is C21H20N4O2. The van der Waals surface area contributed by atoms with Crippen LogP contribution in [0.4, 0.5) is 0 Å². The predicted octanol–water partition coefficient (Wildman–Crippen LogP) is 3.74. The number of aryl methyl sites for hydroxylation is 3. The lowest BCUT2D eigenvalue weighted by atomic mass is 9.92. The number of nitrogens with zero attached hydrogens (tertiary/aromatic N) is 4. The van der Waals surface area contributed by atoms with E-state index < -0.39 is 0 Å². The SMILES string of the molecule is Cc1ccc2c(c1)CC[C@]21CC(Oc2ccc(-c3ccnn3C)nc2)=NO1. The molecule has 5 rings (SSSR count). The molecule has 0 amide bonds. The second kappa shape index (κ2) is 5.94. The normalized spacial score (nSPS) is 20.4. The second-order valence-electron chi connectivity index (χ2n) is 7.23. The zero-order valence-corrected chi connectivity index (χ0v) is 15.3. The highest BCUT2D eigenvalue weighted by Gasteiger charge is 2.46. The minimum Gasteiger partial charge on any atom is -0.438 e. The Morgan fingerprint density at radius 3 is 2.89 bits per heavy atom. The van der Waals surface area contributed by atoms with Crippen molar-refractivity contribution in [2.45, 2.75) is 31.8 Å². The van der Waals surface area contributed by atoms with E-state index in [4.69, 9.17) is 9.57 Å². The Bertz CT molecular complexity index is 1040. The van der Waals surface area contributed by atoms with Crippen LogP contribution in [0.5, 0.6) is 5.75 Å². The van der Waals surface area contributed by atoms with Gasteiger partial charge in [-0.05, 0) is 43.5 Å². The first-order chi connectivity index (χ1) is 13.1. The molecule has 1 aliphatic heterocycles. The van der Waals surface area contributed by atoms with Crippen LogP contribution in [-0.2, 0) is 23.9 Å². The number of aromatic nitrogens is 3. The van der Waals surface area contributed by atoms with Gasteiger partial charge in [0.15, 0.2) is 5.60 Å². The Morgan fingerprint density at radius 1 is 1.19 bits per heavy atom. The van der Waals surface area contributed by atoms with Gasteiger partial charge in [-0.3, -0.25) is 9.67 Å². The lowest BCUT2D eigenvalue weighted by Crippen LogP contribution is -2.24. The van der Waals surface area contributed by atoms with Gasteiger partial charge in [-0.1, -0.05) is 28.9 Å². The molecule has 0 radical (unpaired) electrons. The zero-order valence-electron chi connectivity index (χ0n) is 15.3. The molecule has 0 fully saturated rings. The summed E-state index contributed by atoms with van der Waals surface area (Å²) in [6, 6.07) is 12.3. The first-order valence-electron chi connectivity index (χ1n) is 9.10. The van der Waals surface area contributed by atoms with Crippen molar-refractivity contribution in [3.05, 3.63) is 65.5 Å². The van der Waals surface area contributed by atoms with Crippen LogP contribution in [0.15, 0.2) is 53.9 Å². The van der Waals surface area contributed by atoms with Crippen molar-refractivity contribution in [2.24, 2.45) is 12.2 Å². The molecule has 1 aromatic carbocycles. The van der Waals surface area contributed by atoms with E-state index in [0.717, 1.165) is 24.2 Å². The monoisotopic (exact) mass is 360 g/mol. The molecule has 6 nitrogen and oxygen atoms in total. The van der Waals surface area contributed by atoms with E-state index in [1.54, 1.807) is 17.1 Å². The van der Waals surface area contributed by atoms with Crippen molar-refractivity contribution in [2.75, 3.05) is 0 Å². The van der Waals surface area contributed by atoms with E-state index >= 15 is 0 Å². The summed E-state index contributed by atoms with van der Waals surface area (Å²) >= 11 is 0. The summed E-state index contributed by atoms with van der Waals surface area (Å²) in [5, 5.41) is 8.40. The number of ether oxygens (including phenoxy) is 1. The molecule has 6 heteroatoms. The van der Waals surface area contributed by atoms with Crippen molar-refractivity contribution in [3.63, 3.8) is 0 Å². The van der Waals surface area contributed by atoms with Gasteiger partial charge in [0, 0.05) is 18.8 Å². The van der Waals surface area contributed by atoms with Gasteiger partial charge in [-0.2, -0.15) is 5.10 Å². The zero-order chi connectivity index (χ0) is 18.4. The fourth-order valence-electron chi connectivity index (χ4n) is 3.98. The van der Waals surface area contributed by atoms with Gasteiger partial charge in [-0.15, -0.1) is 0 Å². The molecule has 0 saturated heterocycles. The van der Waals surface area contributed by atoms with Crippen molar-refractivity contribution in [1.82, 2.24) is 14.8 Å². The Morgan fingerprint density at radius 2 is 2.11 bits per heavy atom. The lowest BCUT2D eigenvalue weighted by Gasteiger charge is -2.21. The third-order valence-corrected chi connectivity index (χ3v) is 5.36. The standard InChI is InChI=1S/C21H20N4O2/c1-14-3-5-17-15(11-14)7-9-21(17)12-20(24-27-21)26-16-4-6-18(22-13-16)19-8-10-23-25(19)2/h3-6,8,10-11,13H,7,9,12H2,1-2H3/t21-/m0/s1. The van der Waals surface area contributed by atoms with Crippen LogP contribution >= 0.6 is 0 Å². The molecule has 2 aromatic heterocycles. The van der Waals surface area contributed by atoms with E-state index in [1.165, 1.54) is 16.7 Å². The Labute approximate surface area is 157 Å². The highest BCUT2D eigenvalue weighted by Crippen LogP contribution is 2.46. The van der Waals surface area contributed by atoms with Crippen LogP contribution in [0.2, 0.25) is 0 Å². The number of oxime groups is 1. The summed E-state index contributed by atoms with van der Waals surface area (Å²) in [5.41, 5.74) is 5.30. The maximum Gasteiger partial charge on any atom is 0.235 e. The molecule has 136 valence electrons. The summed E-state index contributed by atoms with van der Waals surface area (Å²) in [6.07, 6.45) is 6.06. The van der Waals surface area contributed by atoms with Crippen molar-refractivity contribution >= 4 is 5.90 Å². The molecule has 27 heavy (non-hydrogen) atoms. The van der Waals surface area contributed by atoms with Crippen LogP contribution < -0.4 is 4.74 Å². The van der Waals surface area contributed by atoms with Gasteiger partial charge < -0.3 is 9.57 Å². The third kappa shape index (κ3) is 2.68. The van der Waals surface area contributed by atoms with Gasteiger partial charge in [0.1, 0.15) is 5.75 Å². The third-order valence-electron chi connectivity index (χ3n) is 5.36.